The first-order valence-electron chi connectivity index (χ1n) is 4.74. The lowest BCUT2D eigenvalue weighted by Crippen LogP contribution is -2.20. The predicted molar refractivity (Wildman–Crippen MR) is 66.3 cm³/mol. The fraction of sp³-hybridized carbons (Fsp3) is 0.364. The zero-order valence-electron chi connectivity index (χ0n) is 8.72. The van der Waals surface area contributed by atoms with Crippen LogP contribution >= 0.6 is 24.2 Å². The highest BCUT2D eigenvalue weighted by atomic mass is 35.5. The maximum atomic E-state index is 11.2. The summed E-state index contributed by atoms with van der Waals surface area (Å²) in [4.78, 5) is 11.2. The number of aliphatic hydroxyl groups is 2. The van der Waals surface area contributed by atoms with Crippen LogP contribution in [0.1, 0.15) is 28.9 Å². The molecule has 0 aliphatic rings. The highest BCUT2D eigenvalue weighted by molar-refractivity contribution is 7.80. The van der Waals surface area contributed by atoms with E-state index in [0.717, 1.165) is 0 Å². The Labute approximate surface area is 104 Å². The van der Waals surface area contributed by atoms with E-state index in [4.69, 9.17) is 11.6 Å². The van der Waals surface area contributed by atoms with Crippen LogP contribution in [0.15, 0.2) is 18.2 Å². The molecule has 0 amide bonds. The van der Waals surface area contributed by atoms with E-state index in [1.165, 1.54) is 19.1 Å². The normalized spacial score (nSPS) is 14.6. The number of benzene rings is 1. The minimum Gasteiger partial charge on any atom is -0.389 e. The van der Waals surface area contributed by atoms with Gasteiger partial charge in [0.15, 0.2) is 5.78 Å². The minimum absolute atomic E-state index is 0.138. The number of Topliss-reactive ketones (excluding diaryl/α,β-unsaturated/α-hetero) is 1. The van der Waals surface area contributed by atoms with Gasteiger partial charge in [0.2, 0.25) is 0 Å². The summed E-state index contributed by atoms with van der Waals surface area (Å²) in [7, 11) is 0. The third kappa shape index (κ3) is 2.98. The van der Waals surface area contributed by atoms with E-state index in [-0.39, 0.29) is 11.5 Å². The fourth-order valence-corrected chi connectivity index (χ4v) is 1.77. The number of thiol groups is 1. The molecule has 2 unspecified atom stereocenters. The smallest absolute Gasteiger partial charge is 0.161 e. The lowest BCUT2D eigenvalue weighted by atomic mass is 10.0. The van der Waals surface area contributed by atoms with Gasteiger partial charge in [-0.1, -0.05) is 17.7 Å². The van der Waals surface area contributed by atoms with Gasteiger partial charge in [-0.3, -0.25) is 4.79 Å². The third-order valence-corrected chi connectivity index (χ3v) is 2.97. The molecular weight excluding hydrogens is 248 g/mol. The van der Waals surface area contributed by atoms with Crippen molar-refractivity contribution in [2.45, 2.75) is 19.1 Å². The Hall–Kier alpha value is -0.550. The van der Waals surface area contributed by atoms with Gasteiger partial charge in [-0.15, -0.1) is 0 Å². The van der Waals surface area contributed by atoms with Gasteiger partial charge < -0.3 is 10.2 Å². The second-order valence-electron chi connectivity index (χ2n) is 3.49. The molecule has 0 radical (unpaired) electrons. The second kappa shape index (κ2) is 5.68. The number of aliphatic hydroxyl groups excluding tert-OH is 2. The minimum atomic E-state index is -1.06. The molecule has 16 heavy (non-hydrogen) atoms. The van der Waals surface area contributed by atoms with Crippen LogP contribution in [0.3, 0.4) is 0 Å². The highest BCUT2D eigenvalue weighted by Gasteiger charge is 2.18. The summed E-state index contributed by atoms with van der Waals surface area (Å²) >= 11 is 9.72. The predicted octanol–water partition coefficient (Wildman–Crippen LogP) is 1.87. The molecule has 5 heteroatoms. The van der Waals surface area contributed by atoms with Crippen molar-refractivity contribution in [3.8, 4) is 0 Å². The molecule has 2 atom stereocenters. The van der Waals surface area contributed by atoms with Crippen molar-refractivity contribution in [1.82, 2.24) is 0 Å². The van der Waals surface area contributed by atoms with Crippen LogP contribution in [0, 0.1) is 0 Å². The van der Waals surface area contributed by atoms with Gasteiger partial charge in [-0.05, 0) is 24.6 Å². The summed E-state index contributed by atoms with van der Waals surface area (Å²) in [6.07, 6.45) is -2.03. The van der Waals surface area contributed by atoms with E-state index in [1.54, 1.807) is 6.07 Å². The van der Waals surface area contributed by atoms with E-state index in [2.05, 4.69) is 12.6 Å². The van der Waals surface area contributed by atoms with Crippen molar-refractivity contribution < 1.29 is 15.0 Å². The largest absolute Gasteiger partial charge is 0.389 e. The Kier molecular flexibility index (Phi) is 4.80. The van der Waals surface area contributed by atoms with Gasteiger partial charge in [0.05, 0.1) is 11.1 Å². The van der Waals surface area contributed by atoms with Crippen molar-refractivity contribution in [2.24, 2.45) is 0 Å². The van der Waals surface area contributed by atoms with E-state index in [0.29, 0.717) is 16.1 Å². The fourth-order valence-electron chi connectivity index (χ4n) is 1.32. The van der Waals surface area contributed by atoms with Crippen molar-refractivity contribution in [2.75, 3.05) is 5.75 Å². The zero-order valence-corrected chi connectivity index (χ0v) is 10.4. The molecule has 1 aromatic carbocycles. The van der Waals surface area contributed by atoms with Crippen molar-refractivity contribution in [1.29, 1.82) is 0 Å². The zero-order chi connectivity index (χ0) is 12.3. The van der Waals surface area contributed by atoms with Gasteiger partial charge >= 0.3 is 0 Å². The van der Waals surface area contributed by atoms with Crippen molar-refractivity contribution in [3.63, 3.8) is 0 Å². The molecule has 1 rings (SSSR count). The summed E-state index contributed by atoms with van der Waals surface area (Å²) in [5.41, 5.74) is 0.792. The molecule has 1 aromatic rings. The molecular formula is C11H13ClO3S. The number of carbonyl (C=O) groups excluding carboxylic acids is 1. The van der Waals surface area contributed by atoms with Crippen LogP contribution in [0.25, 0.3) is 0 Å². The maximum absolute atomic E-state index is 11.2. The molecule has 0 saturated carbocycles. The summed E-state index contributed by atoms with van der Waals surface area (Å²) < 4.78 is 0. The Bertz CT molecular complexity index is 395. The monoisotopic (exact) mass is 260 g/mol. The number of ketones is 1. The summed E-state index contributed by atoms with van der Waals surface area (Å²) in [5, 5.41) is 19.5. The average molecular weight is 261 g/mol. The van der Waals surface area contributed by atoms with Crippen LogP contribution < -0.4 is 0 Å². The number of carbonyl (C=O) groups is 1. The van der Waals surface area contributed by atoms with Crippen LogP contribution in [0.5, 0.6) is 0 Å². The molecule has 0 saturated heterocycles. The Morgan fingerprint density at radius 3 is 2.62 bits per heavy atom. The average Bonchev–Trinajstić information content (AvgIpc) is 2.27. The summed E-state index contributed by atoms with van der Waals surface area (Å²) in [6, 6.07) is 4.59. The SMILES string of the molecule is CC(=O)c1cc(C(O)C(O)CS)ccc1Cl. The lowest BCUT2D eigenvalue weighted by Gasteiger charge is -2.17. The Balaban J connectivity index is 3.07. The molecule has 0 bridgehead atoms. The quantitative estimate of drug-likeness (QED) is 0.572. The van der Waals surface area contributed by atoms with Crippen molar-refractivity contribution in [3.05, 3.63) is 34.3 Å². The molecule has 0 fully saturated rings. The lowest BCUT2D eigenvalue weighted by molar-refractivity contribution is 0.0337. The van der Waals surface area contributed by atoms with Gasteiger partial charge in [0.1, 0.15) is 6.10 Å². The van der Waals surface area contributed by atoms with Crippen LogP contribution in [-0.2, 0) is 0 Å². The first-order chi connectivity index (χ1) is 7.47. The van der Waals surface area contributed by atoms with Crippen LogP contribution in [0.2, 0.25) is 5.02 Å². The number of hydrogen-bond acceptors (Lipinski definition) is 4. The number of hydrogen-bond donors (Lipinski definition) is 3. The number of halogens is 1. The Morgan fingerprint density at radius 1 is 1.50 bits per heavy atom. The summed E-state index contributed by atoms with van der Waals surface area (Å²) in [5.74, 6) is -0.0430. The standard InChI is InChI=1S/C11H13ClO3S/c1-6(13)8-4-7(2-3-9(8)12)11(15)10(14)5-16/h2-4,10-11,14-16H,5H2,1H3. The van der Waals surface area contributed by atoms with Crippen LogP contribution in [-0.4, -0.2) is 27.9 Å². The van der Waals surface area contributed by atoms with Crippen molar-refractivity contribution >= 4 is 30.0 Å². The van der Waals surface area contributed by atoms with Gasteiger partial charge in [-0.2, -0.15) is 12.6 Å². The van der Waals surface area contributed by atoms with E-state index < -0.39 is 12.2 Å². The summed E-state index contributed by atoms with van der Waals surface area (Å²) in [6.45, 7) is 1.40. The molecule has 0 aromatic heterocycles. The molecule has 0 aliphatic carbocycles. The topological polar surface area (TPSA) is 57.5 Å². The second-order valence-corrected chi connectivity index (χ2v) is 4.26. The maximum Gasteiger partial charge on any atom is 0.161 e. The first-order valence-corrected chi connectivity index (χ1v) is 5.75. The molecule has 88 valence electrons. The molecule has 2 N–H and O–H groups in total. The third-order valence-electron chi connectivity index (χ3n) is 2.26. The van der Waals surface area contributed by atoms with Gasteiger partial charge in [0, 0.05) is 11.3 Å². The molecule has 0 aliphatic heterocycles. The van der Waals surface area contributed by atoms with E-state index >= 15 is 0 Å². The van der Waals surface area contributed by atoms with Gasteiger partial charge in [-0.25, -0.2) is 0 Å². The van der Waals surface area contributed by atoms with E-state index in [9.17, 15) is 15.0 Å². The Morgan fingerprint density at radius 2 is 2.12 bits per heavy atom. The molecule has 0 heterocycles. The van der Waals surface area contributed by atoms with E-state index in [1.807, 2.05) is 0 Å². The van der Waals surface area contributed by atoms with Crippen LogP contribution in [0.4, 0.5) is 0 Å². The highest BCUT2D eigenvalue weighted by Crippen LogP contribution is 2.24. The molecule has 3 nitrogen and oxygen atoms in total. The first kappa shape index (κ1) is 13.5. The molecule has 0 spiro atoms. The number of rotatable bonds is 4. The van der Waals surface area contributed by atoms with Gasteiger partial charge in [0.25, 0.3) is 0 Å².